The van der Waals surface area contributed by atoms with Gasteiger partial charge in [-0.1, -0.05) is 0 Å². The maximum absolute atomic E-state index is 10.4. The van der Waals surface area contributed by atoms with Crippen LogP contribution in [0.25, 0.3) is 0 Å². The van der Waals surface area contributed by atoms with E-state index in [1.807, 2.05) is 0 Å². The summed E-state index contributed by atoms with van der Waals surface area (Å²) in [5.41, 5.74) is 0. The molecule has 0 unspecified atom stereocenters. The van der Waals surface area contributed by atoms with Crippen molar-refractivity contribution in [1.82, 2.24) is 20.2 Å². The second-order valence-corrected chi connectivity index (χ2v) is 1.67. The molecule has 48 valence electrons. The zero-order valence-electron chi connectivity index (χ0n) is 4.98. The topological polar surface area (TPSA) is 60.7 Å². The van der Waals surface area contributed by atoms with Crippen molar-refractivity contribution in [1.29, 1.82) is 0 Å². The van der Waals surface area contributed by atoms with Crippen molar-refractivity contribution in [2.75, 3.05) is 0 Å². The number of carbonyl (C=O) groups is 1. The Morgan fingerprint density at radius 2 is 2.56 bits per heavy atom. The summed E-state index contributed by atoms with van der Waals surface area (Å²) in [5.74, 6) is 0.0213. The van der Waals surface area contributed by atoms with Gasteiger partial charge in [0.25, 0.3) is 0 Å². The second kappa shape index (κ2) is 2.34. The Morgan fingerprint density at radius 3 is 3.00 bits per heavy atom. The first-order valence-corrected chi connectivity index (χ1v) is 2.49. The Balaban J connectivity index is 2.58. The maximum Gasteiger partial charge on any atom is 0.162 e. The molecule has 1 heterocycles. The van der Waals surface area contributed by atoms with Crippen LogP contribution in [0.5, 0.6) is 0 Å². The Labute approximate surface area is 51.7 Å². The Bertz CT molecular complexity index is 192. The number of Topliss-reactive ketones (excluding diaryl/α,β-unsaturated/α-hetero) is 1. The summed E-state index contributed by atoms with van der Waals surface area (Å²) in [7, 11) is 0. The predicted octanol–water partition coefficient (Wildman–Crippen LogP) is -0.738. The molecule has 1 rings (SSSR count). The van der Waals surface area contributed by atoms with Gasteiger partial charge in [-0.3, -0.25) is 4.79 Å². The summed E-state index contributed by atoms with van der Waals surface area (Å²) >= 11 is 0. The van der Waals surface area contributed by atoms with Gasteiger partial charge in [0.2, 0.25) is 0 Å². The van der Waals surface area contributed by atoms with Crippen molar-refractivity contribution in [2.45, 2.75) is 13.5 Å². The van der Waals surface area contributed by atoms with Gasteiger partial charge in [-0.05, 0) is 12.1 Å². The minimum atomic E-state index is 0.0213. The minimum absolute atomic E-state index is 0.0213. The summed E-state index contributed by atoms with van der Waals surface area (Å²) in [4.78, 5) is 11.6. The molecule has 0 amide bonds. The number of aromatic nitrogens is 4. The van der Waals surface area contributed by atoms with E-state index in [-0.39, 0.29) is 12.3 Å². The van der Waals surface area contributed by atoms with Crippen LogP contribution in [0.4, 0.5) is 0 Å². The third kappa shape index (κ3) is 1.60. The monoisotopic (exact) mass is 126 g/mol. The number of ketones is 1. The molecule has 0 bridgehead atoms. The minimum Gasteiger partial charge on any atom is -0.298 e. The van der Waals surface area contributed by atoms with E-state index in [4.69, 9.17) is 0 Å². The number of carbonyl (C=O) groups excluding carboxylic acids is 1. The van der Waals surface area contributed by atoms with Crippen molar-refractivity contribution >= 4 is 5.78 Å². The van der Waals surface area contributed by atoms with Crippen LogP contribution in [0.1, 0.15) is 6.92 Å². The molecule has 0 radical (unpaired) electrons. The molecule has 0 spiro atoms. The summed E-state index contributed by atoms with van der Waals surface area (Å²) in [6, 6.07) is 0. The molecule has 0 saturated heterocycles. The van der Waals surface area contributed by atoms with Gasteiger partial charge < -0.3 is 0 Å². The third-order valence-corrected chi connectivity index (χ3v) is 0.756. The van der Waals surface area contributed by atoms with Crippen molar-refractivity contribution in [3.63, 3.8) is 0 Å². The molecule has 0 aliphatic rings. The van der Waals surface area contributed by atoms with E-state index in [9.17, 15) is 4.79 Å². The van der Waals surface area contributed by atoms with E-state index in [0.717, 1.165) is 0 Å². The Hall–Kier alpha value is -1.26. The van der Waals surface area contributed by atoms with E-state index in [2.05, 4.69) is 15.4 Å². The van der Waals surface area contributed by atoms with Crippen LogP contribution in [0.3, 0.4) is 0 Å². The first-order valence-electron chi connectivity index (χ1n) is 2.49. The molecule has 9 heavy (non-hydrogen) atoms. The lowest BCUT2D eigenvalue weighted by molar-refractivity contribution is -0.117. The van der Waals surface area contributed by atoms with Crippen molar-refractivity contribution in [3.05, 3.63) is 6.33 Å². The van der Waals surface area contributed by atoms with Crippen LogP contribution in [0.15, 0.2) is 6.33 Å². The highest BCUT2D eigenvalue weighted by atomic mass is 16.1. The number of hydrogen-bond acceptors (Lipinski definition) is 4. The fraction of sp³-hybridized carbons (Fsp3) is 0.500. The average Bonchev–Trinajstić information content (AvgIpc) is 2.15. The molecule has 0 aliphatic carbocycles. The van der Waals surface area contributed by atoms with Crippen LogP contribution in [0.2, 0.25) is 0 Å². The second-order valence-electron chi connectivity index (χ2n) is 1.67. The molecule has 1 aromatic rings. The first-order chi connectivity index (χ1) is 4.29. The Kier molecular flexibility index (Phi) is 1.53. The summed E-state index contributed by atoms with van der Waals surface area (Å²) in [6.07, 6.45) is 1.29. The lowest BCUT2D eigenvalue weighted by Gasteiger charge is -1.88. The molecule has 5 heteroatoms. The zero-order valence-corrected chi connectivity index (χ0v) is 4.98. The van der Waals surface area contributed by atoms with Gasteiger partial charge in [-0.25, -0.2) is 0 Å². The molecule has 1 aromatic heterocycles. The van der Waals surface area contributed by atoms with E-state index in [1.54, 1.807) is 0 Å². The highest BCUT2D eigenvalue weighted by Crippen LogP contribution is 1.75. The Morgan fingerprint density at radius 1 is 1.78 bits per heavy atom. The van der Waals surface area contributed by atoms with Crippen molar-refractivity contribution in [3.8, 4) is 0 Å². The summed E-state index contributed by atoms with van der Waals surface area (Å²) in [6.45, 7) is 1.68. The molecule has 0 N–H and O–H groups in total. The summed E-state index contributed by atoms with van der Waals surface area (Å²) < 4.78 is 0. The van der Waals surface area contributed by atoms with Crippen LogP contribution >= 0.6 is 0 Å². The number of rotatable bonds is 2. The molecule has 5 nitrogen and oxygen atoms in total. The fourth-order valence-electron chi connectivity index (χ4n) is 0.460. The smallest absolute Gasteiger partial charge is 0.162 e. The van der Waals surface area contributed by atoms with Crippen LogP contribution < -0.4 is 0 Å². The largest absolute Gasteiger partial charge is 0.298 e. The van der Waals surface area contributed by atoms with E-state index >= 15 is 0 Å². The van der Waals surface area contributed by atoms with Crippen LogP contribution in [-0.4, -0.2) is 26.0 Å². The molecular formula is C4H6N4O. The van der Waals surface area contributed by atoms with Gasteiger partial charge in [0.05, 0.1) is 0 Å². The standard InChI is InChI=1S/C4H6N4O/c1-4(9)2-8-6-3-5-7-8/h3H,2H2,1H3. The van der Waals surface area contributed by atoms with E-state index in [0.29, 0.717) is 0 Å². The maximum atomic E-state index is 10.4. The lowest BCUT2D eigenvalue weighted by Crippen LogP contribution is -2.09. The number of hydrogen-bond donors (Lipinski definition) is 0. The molecule has 0 fully saturated rings. The van der Waals surface area contributed by atoms with Crippen LogP contribution in [-0.2, 0) is 11.3 Å². The first kappa shape index (κ1) is 5.87. The van der Waals surface area contributed by atoms with Gasteiger partial charge in [0.15, 0.2) is 12.1 Å². The van der Waals surface area contributed by atoms with Gasteiger partial charge in [-0.2, -0.15) is 4.80 Å². The van der Waals surface area contributed by atoms with Crippen LogP contribution in [0, 0.1) is 0 Å². The fourth-order valence-corrected chi connectivity index (χ4v) is 0.460. The third-order valence-electron chi connectivity index (χ3n) is 0.756. The molecule has 0 saturated carbocycles. The van der Waals surface area contributed by atoms with Gasteiger partial charge >= 0.3 is 0 Å². The molecule has 0 atom stereocenters. The predicted molar refractivity (Wildman–Crippen MR) is 28.5 cm³/mol. The molecule has 0 aromatic carbocycles. The number of nitrogens with zero attached hydrogens (tertiary/aromatic N) is 4. The number of tetrazole rings is 1. The van der Waals surface area contributed by atoms with Crippen molar-refractivity contribution in [2.24, 2.45) is 0 Å². The summed E-state index contributed by atoms with van der Waals surface area (Å²) in [5, 5.41) is 10.5. The SMILES string of the molecule is CC(=O)Cn1ncnn1. The van der Waals surface area contributed by atoms with Gasteiger partial charge in [0, 0.05) is 0 Å². The highest BCUT2D eigenvalue weighted by molar-refractivity contribution is 5.74. The average molecular weight is 126 g/mol. The molecular weight excluding hydrogens is 120 g/mol. The van der Waals surface area contributed by atoms with E-state index < -0.39 is 0 Å². The zero-order chi connectivity index (χ0) is 6.69. The molecule has 0 aliphatic heterocycles. The van der Waals surface area contributed by atoms with Gasteiger partial charge in [0.1, 0.15) is 6.54 Å². The lowest BCUT2D eigenvalue weighted by atomic mass is 10.5. The quantitative estimate of drug-likeness (QED) is 0.523. The highest BCUT2D eigenvalue weighted by Gasteiger charge is 1.94. The van der Waals surface area contributed by atoms with Gasteiger partial charge in [-0.15, -0.1) is 10.2 Å². The normalized spacial score (nSPS) is 9.44. The van der Waals surface area contributed by atoms with Crippen molar-refractivity contribution < 1.29 is 4.79 Å². The van der Waals surface area contributed by atoms with E-state index in [1.165, 1.54) is 18.0 Å².